The van der Waals surface area contributed by atoms with E-state index in [2.05, 4.69) is 17.0 Å². The first-order valence-electron chi connectivity index (χ1n) is 8.89. The summed E-state index contributed by atoms with van der Waals surface area (Å²) in [6, 6.07) is 12.7. The standard InChI is InChI=1S/C20H23ClN3O3/c1-27-19-12-18(22)17(21)11-16(19)20(25)24(26)15-7-9-23(10-8-15)13-14-5-3-2-4-6-14/h2-6,11-12,15H,7-10,13,22H2,1H3/q-1. The summed E-state index contributed by atoms with van der Waals surface area (Å²) in [6.45, 7) is 2.39. The Labute approximate surface area is 164 Å². The Morgan fingerprint density at radius 2 is 1.96 bits per heavy atom. The maximum atomic E-state index is 12.7. The van der Waals surface area contributed by atoms with Crippen LogP contribution in [0.25, 0.3) is 0 Å². The highest BCUT2D eigenvalue weighted by Crippen LogP contribution is 2.30. The molecule has 0 radical (unpaired) electrons. The van der Waals surface area contributed by atoms with E-state index in [1.165, 1.54) is 24.8 Å². The molecular weight excluding hydrogens is 366 g/mol. The van der Waals surface area contributed by atoms with Crippen LogP contribution in [-0.2, 0) is 6.54 Å². The summed E-state index contributed by atoms with van der Waals surface area (Å²) in [6.07, 6.45) is 1.26. The van der Waals surface area contributed by atoms with Gasteiger partial charge in [0.25, 0.3) is 0 Å². The number of anilines is 1. The number of carbonyl (C=O) groups excluding carboxylic acids is 1. The van der Waals surface area contributed by atoms with E-state index in [1.807, 2.05) is 18.2 Å². The van der Waals surface area contributed by atoms with Crippen molar-refractivity contribution in [2.45, 2.75) is 25.4 Å². The number of nitrogens with zero attached hydrogens (tertiary/aromatic N) is 2. The van der Waals surface area contributed by atoms with Crippen molar-refractivity contribution in [3.63, 3.8) is 0 Å². The van der Waals surface area contributed by atoms with E-state index in [-0.39, 0.29) is 22.4 Å². The van der Waals surface area contributed by atoms with E-state index in [1.54, 1.807) is 0 Å². The molecule has 2 aromatic rings. The van der Waals surface area contributed by atoms with Crippen LogP contribution in [-0.4, -0.2) is 42.1 Å². The topological polar surface area (TPSA) is 81.9 Å². The lowest BCUT2D eigenvalue weighted by atomic mass is 10.0. The first-order chi connectivity index (χ1) is 13.0. The summed E-state index contributed by atoms with van der Waals surface area (Å²) in [5.74, 6) is -0.389. The van der Waals surface area contributed by atoms with Gasteiger partial charge < -0.3 is 20.7 Å². The molecule has 1 aliphatic heterocycles. The Hall–Kier alpha value is -2.28. The number of likely N-dealkylation sites (tertiary alicyclic amines) is 1. The van der Waals surface area contributed by atoms with Crippen molar-refractivity contribution in [3.8, 4) is 5.75 Å². The summed E-state index contributed by atoms with van der Waals surface area (Å²) in [5.41, 5.74) is 7.43. The van der Waals surface area contributed by atoms with Gasteiger partial charge in [-0.1, -0.05) is 41.9 Å². The lowest BCUT2D eigenvalue weighted by Gasteiger charge is -2.42. The lowest BCUT2D eigenvalue weighted by Crippen LogP contribution is -2.44. The van der Waals surface area contributed by atoms with Crippen LogP contribution in [0.4, 0.5) is 5.69 Å². The zero-order valence-corrected chi connectivity index (χ0v) is 16.0. The predicted octanol–water partition coefficient (Wildman–Crippen LogP) is 3.54. The number of carbonyl (C=O) groups is 1. The molecule has 0 unspecified atom stereocenters. The van der Waals surface area contributed by atoms with Crippen LogP contribution >= 0.6 is 11.6 Å². The molecule has 0 spiro atoms. The largest absolute Gasteiger partial charge is 0.756 e. The molecule has 0 bridgehead atoms. The smallest absolute Gasteiger partial charge is 0.247 e. The van der Waals surface area contributed by atoms with Gasteiger partial charge in [0.2, 0.25) is 5.91 Å². The van der Waals surface area contributed by atoms with E-state index in [0.717, 1.165) is 19.6 Å². The molecule has 144 valence electrons. The molecular formula is C20H23ClN3O3-. The minimum absolute atomic E-state index is 0.137. The van der Waals surface area contributed by atoms with Crippen LogP contribution < -0.4 is 10.5 Å². The van der Waals surface area contributed by atoms with Gasteiger partial charge in [-0.25, -0.2) is 0 Å². The highest BCUT2D eigenvalue weighted by molar-refractivity contribution is 6.33. The molecule has 1 fully saturated rings. The minimum atomic E-state index is -0.643. The number of hydroxylamine groups is 2. The number of ether oxygens (including phenoxy) is 1. The Bertz CT molecular complexity index is 793. The molecule has 1 aliphatic rings. The van der Waals surface area contributed by atoms with E-state index in [9.17, 15) is 10.0 Å². The van der Waals surface area contributed by atoms with Crippen molar-refractivity contribution in [1.82, 2.24) is 9.96 Å². The van der Waals surface area contributed by atoms with Crippen LogP contribution in [0, 0.1) is 5.21 Å². The highest BCUT2D eigenvalue weighted by atomic mass is 35.5. The summed E-state index contributed by atoms with van der Waals surface area (Å²) in [5, 5.41) is 13.4. The summed E-state index contributed by atoms with van der Waals surface area (Å²) in [7, 11) is 1.43. The van der Waals surface area contributed by atoms with Crippen molar-refractivity contribution < 1.29 is 9.53 Å². The molecule has 0 saturated carbocycles. The average Bonchev–Trinajstić information content (AvgIpc) is 2.70. The zero-order chi connectivity index (χ0) is 19.4. The maximum absolute atomic E-state index is 12.7. The summed E-state index contributed by atoms with van der Waals surface area (Å²) >= 11 is 6.01. The molecule has 0 atom stereocenters. The van der Waals surface area contributed by atoms with Gasteiger partial charge in [-0.05, 0) is 24.5 Å². The van der Waals surface area contributed by atoms with Gasteiger partial charge >= 0.3 is 0 Å². The van der Waals surface area contributed by atoms with Gasteiger partial charge in [-0.3, -0.25) is 9.69 Å². The molecule has 2 N–H and O–H groups in total. The van der Waals surface area contributed by atoms with Crippen LogP contribution in [0.1, 0.15) is 28.8 Å². The van der Waals surface area contributed by atoms with Gasteiger partial charge in [-0.2, -0.15) is 0 Å². The second kappa shape index (κ2) is 8.61. The van der Waals surface area contributed by atoms with Crippen molar-refractivity contribution in [1.29, 1.82) is 0 Å². The fourth-order valence-electron chi connectivity index (χ4n) is 3.34. The number of halogens is 1. The van der Waals surface area contributed by atoms with Crippen LogP contribution in [0.3, 0.4) is 0 Å². The molecule has 1 amide bonds. The molecule has 3 rings (SSSR count). The van der Waals surface area contributed by atoms with Crippen molar-refractivity contribution in [3.05, 3.63) is 63.8 Å². The predicted molar refractivity (Wildman–Crippen MR) is 107 cm³/mol. The average molecular weight is 389 g/mol. The Kier molecular flexibility index (Phi) is 6.21. The van der Waals surface area contributed by atoms with Crippen LogP contribution in [0.5, 0.6) is 5.75 Å². The monoisotopic (exact) mass is 388 g/mol. The van der Waals surface area contributed by atoms with E-state index in [4.69, 9.17) is 22.1 Å². The molecule has 2 aromatic carbocycles. The van der Waals surface area contributed by atoms with Gasteiger partial charge in [0.05, 0.1) is 23.4 Å². The van der Waals surface area contributed by atoms with Crippen LogP contribution in [0.2, 0.25) is 5.02 Å². The normalized spacial score (nSPS) is 15.5. The minimum Gasteiger partial charge on any atom is -0.756 e. The fourth-order valence-corrected chi connectivity index (χ4v) is 3.51. The Morgan fingerprint density at radius 3 is 2.59 bits per heavy atom. The van der Waals surface area contributed by atoms with E-state index < -0.39 is 5.91 Å². The number of nitrogen functional groups attached to an aromatic ring is 1. The molecule has 7 heteroatoms. The quantitative estimate of drug-likeness (QED) is 0.625. The van der Waals surface area contributed by atoms with E-state index in [0.29, 0.717) is 23.6 Å². The Morgan fingerprint density at radius 1 is 1.30 bits per heavy atom. The third kappa shape index (κ3) is 4.53. The third-order valence-electron chi connectivity index (χ3n) is 4.89. The number of hydrogen-bond acceptors (Lipinski definition) is 5. The molecule has 27 heavy (non-hydrogen) atoms. The number of piperidine rings is 1. The molecule has 1 saturated heterocycles. The molecule has 0 aliphatic carbocycles. The van der Waals surface area contributed by atoms with Gasteiger partial charge in [0.15, 0.2) is 0 Å². The number of hydrogen-bond donors (Lipinski definition) is 1. The fraction of sp³-hybridized carbons (Fsp3) is 0.350. The second-order valence-corrected chi connectivity index (χ2v) is 7.11. The van der Waals surface area contributed by atoms with E-state index >= 15 is 0 Å². The Balaban J connectivity index is 1.63. The number of amides is 1. The maximum Gasteiger partial charge on any atom is 0.247 e. The van der Waals surface area contributed by atoms with Gasteiger partial charge in [-0.15, -0.1) is 0 Å². The molecule has 6 nitrogen and oxygen atoms in total. The zero-order valence-electron chi connectivity index (χ0n) is 15.2. The highest BCUT2D eigenvalue weighted by Gasteiger charge is 2.25. The molecule has 0 aromatic heterocycles. The van der Waals surface area contributed by atoms with Gasteiger partial charge in [0.1, 0.15) is 5.75 Å². The summed E-state index contributed by atoms with van der Waals surface area (Å²) < 4.78 is 5.19. The van der Waals surface area contributed by atoms with Crippen molar-refractivity contribution in [2.75, 3.05) is 25.9 Å². The number of nitrogens with two attached hydrogens (primary N) is 1. The van der Waals surface area contributed by atoms with Crippen LogP contribution in [0.15, 0.2) is 42.5 Å². The summed E-state index contributed by atoms with van der Waals surface area (Å²) in [4.78, 5) is 15.0. The lowest BCUT2D eigenvalue weighted by molar-refractivity contribution is 0.0682. The first-order valence-corrected chi connectivity index (χ1v) is 9.27. The third-order valence-corrected chi connectivity index (χ3v) is 5.21. The number of benzene rings is 2. The van der Waals surface area contributed by atoms with Crippen molar-refractivity contribution >= 4 is 23.2 Å². The number of methoxy groups -OCH3 is 1. The first kappa shape index (κ1) is 19.5. The molecule has 1 heterocycles. The van der Waals surface area contributed by atoms with Gasteiger partial charge in [0, 0.05) is 31.7 Å². The SMILES string of the molecule is COc1cc(N)c(Cl)cc1C(=O)N([O-])C1CCN(Cc2ccccc2)CC1. The number of rotatable bonds is 5. The second-order valence-electron chi connectivity index (χ2n) is 6.70. The van der Waals surface area contributed by atoms with Crippen molar-refractivity contribution in [2.24, 2.45) is 0 Å².